The van der Waals surface area contributed by atoms with E-state index in [1.807, 2.05) is 19.1 Å². The Labute approximate surface area is 128 Å². The lowest BCUT2D eigenvalue weighted by Crippen LogP contribution is -2.35. The van der Waals surface area contributed by atoms with Gasteiger partial charge in [-0.25, -0.2) is 0 Å². The van der Waals surface area contributed by atoms with E-state index in [-0.39, 0.29) is 17.9 Å². The zero-order valence-corrected chi connectivity index (χ0v) is 12.4. The number of carbonyl (C=O) groups is 1. The van der Waals surface area contributed by atoms with Gasteiger partial charge in [0.1, 0.15) is 6.04 Å². The number of nitrogens with one attached hydrogen (secondary N) is 1. The number of ether oxygens (including phenoxy) is 1. The summed E-state index contributed by atoms with van der Waals surface area (Å²) in [5.41, 5.74) is 0.778. The lowest BCUT2D eigenvalue weighted by molar-refractivity contribution is -0.128. The van der Waals surface area contributed by atoms with Gasteiger partial charge in [-0.3, -0.25) is 9.78 Å². The van der Waals surface area contributed by atoms with Gasteiger partial charge in [0.2, 0.25) is 17.6 Å². The second-order valence-corrected chi connectivity index (χ2v) is 5.31. The van der Waals surface area contributed by atoms with E-state index >= 15 is 0 Å². The van der Waals surface area contributed by atoms with Crippen LogP contribution < -0.4 is 5.32 Å². The lowest BCUT2D eigenvalue weighted by Gasteiger charge is -2.22. The molecule has 22 heavy (non-hydrogen) atoms. The van der Waals surface area contributed by atoms with Crippen LogP contribution in [0.2, 0.25) is 0 Å². The third-order valence-corrected chi connectivity index (χ3v) is 3.68. The molecule has 2 aromatic heterocycles. The highest BCUT2D eigenvalue weighted by Gasteiger charge is 2.25. The van der Waals surface area contributed by atoms with Crippen molar-refractivity contribution in [1.29, 1.82) is 0 Å². The molecule has 0 bridgehead atoms. The summed E-state index contributed by atoms with van der Waals surface area (Å²) < 4.78 is 10.5. The van der Waals surface area contributed by atoms with Crippen molar-refractivity contribution in [2.45, 2.75) is 25.8 Å². The molecule has 116 valence electrons. The molecule has 0 unspecified atom stereocenters. The van der Waals surface area contributed by atoms with E-state index in [1.165, 1.54) is 0 Å². The van der Waals surface area contributed by atoms with Gasteiger partial charge in [0, 0.05) is 37.1 Å². The smallest absolute Gasteiger partial charge is 0.249 e. The first-order valence-corrected chi connectivity index (χ1v) is 7.36. The molecule has 0 aliphatic carbocycles. The minimum atomic E-state index is -0.326. The normalized spacial score (nSPS) is 17.1. The summed E-state index contributed by atoms with van der Waals surface area (Å²) in [4.78, 5) is 20.5. The van der Waals surface area contributed by atoms with Gasteiger partial charge in [0.25, 0.3) is 0 Å². The van der Waals surface area contributed by atoms with Gasteiger partial charge in [-0.2, -0.15) is 4.98 Å². The first-order chi connectivity index (χ1) is 10.7. The van der Waals surface area contributed by atoms with Crippen molar-refractivity contribution in [3.8, 4) is 11.4 Å². The largest absolute Gasteiger partial charge is 0.381 e. The summed E-state index contributed by atoms with van der Waals surface area (Å²) in [5, 5.41) is 6.85. The molecule has 3 rings (SSSR count). The Morgan fingerprint density at radius 2 is 2.23 bits per heavy atom. The third kappa shape index (κ3) is 3.30. The monoisotopic (exact) mass is 302 g/mol. The number of pyridine rings is 1. The van der Waals surface area contributed by atoms with Crippen molar-refractivity contribution in [2.75, 3.05) is 13.2 Å². The van der Waals surface area contributed by atoms with Gasteiger partial charge in [-0.1, -0.05) is 5.16 Å². The minimum absolute atomic E-state index is 0.00286. The summed E-state index contributed by atoms with van der Waals surface area (Å²) in [7, 11) is 0. The van der Waals surface area contributed by atoms with Gasteiger partial charge < -0.3 is 14.6 Å². The fourth-order valence-corrected chi connectivity index (χ4v) is 2.38. The molecular weight excluding hydrogens is 284 g/mol. The standard InChI is InChI=1S/C15H18N4O3/c1-10(17-14(20)11-4-7-21-8-5-11)15-18-13(19-22-15)12-3-2-6-16-9-12/h2-3,6,9-11H,4-5,7-8H2,1H3,(H,17,20)/t10-/m0/s1. The molecule has 7 nitrogen and oxygen atoms in total. The number of carbonyl (C=O) groups excluding carboxylic acids is 1. The van der Waals surface area contributed by atoms with E-state index in [0.29, 0.717) is 24.9 Å². The minimum Gasteiger partial charge on any atom is -0.381 e. The molecule has 1 aliphatic rings. The van der Waals surface area contributed by atoms with Crippen LogP contribution in [-0.4, -0.2) is 34.2 Å². The summed E-state index contributed by atoms with van der Waals surface area (Å²) in [6.07, 6.45) is 4.85. The van der Waals surface area contributed by atoms with Crippen molar-refractivity contribution in [3.63, 3.8) is 0 Å². The van der Waals surface area contributed by atoms with E-state index < -0.39 is 0 Å². The topological polar surface area (TPSA) is 90.1 Å². The van der Waals surface area contributed by atoms with Gasteiger partial charge in [-0.15, -0.1) is 0 Å². The van der Waals surface area contributed by atoms with Crippen LogP contribution in [0.25, 0.3) is 11.4 Å². The van der Waals surface area contributed by atoms with Crippen LogP contribution in [0.15, 0.2) is 29.0 Å². The van der Waals surface area contributed by atoms with Gasteiger partial charge in [0.15, 0.2) is 0 Å². The molecule has 1 amide bonds. The van der Waals surface area contributed by atoms with Crippen LogP contribution in [-0.2, 0) is 9.53 Å². The Balaban J connectivity index is 1.64. The molecule has 0 aromatic carbocycles. The highest BCUT2D eigenvalue weighted by Crippen LogP contribution is 2.19. The Bertz CT molecular complexity index is 623. The highest BCUT2D eigenvalue weighted by molar-refractivity contribution is 5.79. The molecule has 1 aliphatic heterocycles. The fourth-order valence-electron chi connectivity index (χ4n) is 2.38. The average Bonchev–Trinajstić information content (AvgIpc) is 3.06. The van der Waals surface area contributed by atoms with Crippen LogP contribution >= 0.6 is 0 Å². The molecule has 1 fully saturated rings. The Kier molecular flexibility index (Phi) is 4.43. The van der Waals surface area contributed by atoms with Gasteiger partial charge >= 0.3 is 0 Å². The summed E-state index contributed by atoms with van der Waals surface area (Å²) in [6, 6.07) is 3.34. The van der Waals surface area contributed by atoms with Crippen molar-refractivity contribution in [2.24, 2.45) is 5.92 Å². The van der Waals surface area contributed by atoms with Crippen molar-refractivity contribution in [3.05, 3.63) is 30.4 Å². The maximum absolute atomic E-state index is 12.2. The Morgan fingerprint density at radius 3 is 2.95 bits per heavy atom. The summed E-state index contributed by atoms with van der Waals surface area (Å²) >= 11 is 0. The number of aromatic nitrogens is 3. The highest BCUT2D eigenvalue weighted by atomic mass is 16.5. The first kappa shape index (κ1) is 14.6. The summed E-state index contributed by atoms with van der Waals surface area (Å²) in [5.74, 6) is 0.864. The molecule has 1 saturated heterocycles. The predicted octanol–water partition coefficient (Wildman–Crippen LogP) is 1.74. The van der Waals surface area contributed by atoms with Crippen molar-refractivity contribution in [1.82, 2.24) is 20.4 Å². The molecule has 1 atom stereocenters. The number of hydrogen-bond donors (Lipinski definition) is 1. The predicted molar refractivity (Wildman–Crippen MR) is 77.6 cm³/mol. The molecule has 7 heteroatoms. The maximum Gasteiger partial charge on any atom is 0.249 e. The van der Waals surface area contributed by atoms with E-state index in [2.05, 4.69) is 20.4 Å². The number of hydrogen-bond acceptors (Lipinski definition) is 6. The maximum atomic E-state index is 12.2. The van der Waals surface area contributed by atoms with Gasteiger partial charge in [-0.05, 0) is 31.9 Å². The van der Waals surface area contributed by atoms with E-state index in [1.54, 1.807) is 12.4 Å². The molecule has 0 spiro atoms. The van der Waals surface area contributed by atoms with Crippen LogP contribution in [0.5, 0.6) is 0 Å². The molecule has 1 N–H and O–H groups in total. The Hall–Kier alpha value is -2.28. The van der Waals surface area contributed by atoms with Crippen LogP contribution in [0.1, 0.15) is 31.7 Å². The third-order valence-electron chi connectivity index (χ3n) is 3.68. The second-order valence-electron chi connectivity index (χ2n) is 5.31. The van der Waals surface area contributed by atoms with Crippen molar-refractivity contribution >= 4 is 5.91 Å². The van der Waals surface area contributed by atoms with Crippen LogP contribution in [0, 0.1) is 5.92 Å². The quantitative estimate of drug-likeness (QED) is 0.925. The number of amides is 1. The zero-order valence-electron chi connectivity index (χ0n) is 12.4. The SMILES string of the molecule is C[C@H](NC(=O)C1CCOCC1)c1nc(-c2cccnc2)no1. The molecular formula is C15H18N4O3. The fraction of sp³-hybridized carbons (Fsp3) is 0.467. The van der Waals surface area contributed by atoms with Crippen LogP contribution in [0.4, 0.5) is 0 Å². The lowest BCUT2D eigenvalue weighted by atomic mass is 9.99. The molecule has 3 heterocycles. The first-order valence-electron chi connectivity index (χ1n) is 7.36. The molecule has 0 saturated carbocycles. The molecule has 2 aromatic rings. The van der Waals surface area contributed by atoms with E-state index in [0.717, 1.165) is 18.4 Å². The van der Waals surface area contributed by atoms with Gasteiger partial charge in [0.05, 0.1) is 0 Å². The number of nitrogens with zero attached hydrogens (tertiary/aromatic N) is 3. The molecule has 0 radical (unpaired) electrons. The van der Waals surface area contributed by atoms with E-state index in [4.69, 9.17) is 9.26 Å². The summed E-state index contributed by atoms with van der Waals surface area (Å²) in [6.45, 7) is 3.11. The van der Waals surface area contributed by atoms with Crippen LogP contribution in [0.3, 0.4) is 0 Å². The van der Waals surface area contributed by atoms with E-state index in [9.17, 15) is 4.79 Å². The number of rotatable bonds is 4. The van der Waals surface area contributed by atoms with Crippen molar-refractivity contribution < 1.29 is 14.1 Å². The Morgan fingerprint density at radius 1 is 1.41 bits per heavy atom. The zero-order chi connectivity index (χ0) is 15.4. The second kappa shape index (κ2) is 6.65. The average molecular weight is 302 g/mol.